The molecule has 0 aliphatic heterocycles. The summed E-state index contributed by atoms with van der Waals surface area (Å²) < 4.78 is 0. The Labute approximate surface area is 424 Å². The van der Waals surface area contributed by atoms with Crippen molar-refractivity contribution in [2.45, 2.75) is 113 Å². The SMILES string of the molecule is CC(C)(NC(=O)[C@H](CS)NC(=O)[C@@H](N)CCCN=C(N)N)C(=O)N[C@@H](CCCN)C(=O)N[C@H](Cc1ccccc1)C(=O)N[C@@H](CCCN=C(N)N)C(=O)N[C@@H](Cc1ccccc1)C(=O)N[C@@H](CS)C(=O)O. The number of carbonyl (C=O) groups is 8. The maximum absolute atomic E-state index is 14.4. The van der Waals surface area contributed by atoms with Gasteiger partial charge in [-0.3, -0.25) is 43.5 Å². The topological polar surface area (TPSA) is 422 Å². The second-order valence-corrected chi connectivity index (χ2v) is 17.7. The predicted octanol–water partition coefficient (Wildman–Crippen LogP) is -3.61. The summed E-state index contributed by atoms with van der Waals surface area (Å²) in [5, 5.41) is 27.8. The molecule has 0 fully saturated rings. The third-order valence-corrected chi connectivity index (χ3v) is 11.4. The zero-order valence-electron chi connectivity index (χ0n) is 40.0. The van der Waals surface area contributed by atoms with Gasteiger partial charge in [0.25, 0.3) is 0 Å². The van der Waals surface area contributed by atoms with Crippen LogP contribution in [0.5, 0.6) is 0 Å². The van der Waals surface area contributed by atoms with E-state index in [4.69, 9.17) is 34.4 Å². The van der Waals surface area contributed by atoms with Crippen LogP contribution in [0.1, 0.15) is 63.5 Å². The standard InChI is InChI=1S/C45H71N15O9S2/c1-45(2,60-40(66)33(24-70)57-35(61)28(47)16-10-20-52-43(48)49)42(69)59-30(17-9-19-46)37(63)56-31(22-26-12-5-3-6-13-26)38(64)54-29(18-11-21-53-44(50)51)36(62)55-32(23-27-14-7-4-8-15-27)39(65)58-34(25-71)41(67)68/h3-8,12-15,28-34,70-71H,9-11,16-25,46-47H2,1-2H3,(H,54,64)(H,55,62)(H,56,63)(H,57,61)(H,58,65)(H,59,69)(H,60,66)(H,67,68)(H4,48,49,52)(H4,50,51,53)/t28-,29-,30-,31+,32-,33-,34-/m0/s1. The Morgan fingerprint density at radius 1 is 0.549 bits per heavy atom. The molecule has 0 unspecified atom stereocenters. The summed E-state index contributed by atoms with van der Waals surface area (Å²) in [6.07, 6.45) is 0.812. The van der Waals surface area contributed by atoms with Gasteiger partial charge in [0.1, 0.15) is 41.8 Å². The fourth-order valence-electron chi connectivity index (χ4n) is 6.67. The molecule has 2 aromatic carbocycles. The Morgan fingerprint density at radius 2 is 0.944 bits per heavy atom. The van der Waals surface area contributed by atoms with Gasteiger partial charge >= 0.3 is 5.97 Å². The quantitative estimate of drug-likeness (QED) is 0.0146. The Morgan fingerprint density at radius 3 is 1.38 bits per heavy atom. The number of guanidine groups is 2. The number of thiol groups is 2. The number of amides is 7. The number of hydrogen-bond donors (Lipinski definition) is 16. The Balaban J connectivity index is 2.40. The van der Waals surface area contributed by atoms with E-state index >= 15 is 0 Å². The van der Waals surface area contributed by atoms with Crippen molar-refractivity contribution < 1.29 is 43.5 Å². The molecule has 0 radical (unpaired) electrons. The average Bonchev–Trinajstić information content (AvgIpc) is 3.32. The molecule has 0 saturated carbocycles. The Kier molecular flexibility index (Phi) is 26.9. The van der Waals surface area contributed by atoms with Gasteiger partial charge in [0.2, 0.25) is 41.4 Å². The summed E-state index contributed by atoms with van der Waals surface area (Å²) in [6, 6.07) is 8.36. The van der Waals surface area contributed by atoms with Crippen LogP contribution in [0.15, 0.2) is 70.6 Å². The molecule has 0 bridgehead atoms. The van der Waals surface area contributed by atoms with Crippen molar-refractivity contribution in [3.05, 3.63) is 71.8 Å². The van der Waals surface area contributed by atoms with Gasteiger partial charge in [-0.15, -0.1) is 0 Å². The fraction of sp³-hybridized carbons (Fsp3) is 0.511. The molecule has 24 nitrogen and oxygen atoms in total. The van der Waals surface area contributed by atoms with E-state index in [1.54, 1.807) is 60.7 Å². The lowest BCUT2D eigenvalue weighted by atomic mass is 10.0. The van der Waals surface area contributed by atoms with Crippen LogP contribution in [0.4, 0.5) is 0 Å². The lowest BCUT2D eigenvalue weighted by molar-refractivity contribution is -0.141. The molecule has 392 valence electrons. The average molecular weight is 1030 g/mol. The summed E-state index contributed by atoms with van der Waals surface area (Å²) in [5.41, 5.74) is 33.1. The third kappa shape index (κ3) is 22.8. The van der Waals surface area contributed by atoms with E-state index in [9.17, 15) is 43.5 Å². The largest absolute Gasteiger partial charge is 0.480 e. The second kappa shape index (κ2) is 31.6. The van der Waals surface area contributed by atoms with E-state index in [-0.39, 0.29) is 88.0 Å². The third-order valence-electron chi connectivity index (χ3n) is 10.6. The maximum Gasteiger partial charge on any atom is 0.327 e. The summed E-state index contributed by atoms with van der Waals surface area (Å²) in [4.78, 5) is 116. The van der Waals surface area contributed by atoms with Gasteiger partial charge < -0.3 is 76.7 Å². The molecule has 71 heavy (non-hydrogen) atoms. The molecule has 26 heteroatoms. The van der Waals surface area contributed by atoms with Crippen LogP contribution >= 0.6 is 25.3 Å². The van der Waals surface area contributed by atoms with Gasteiger partial charge in [0.05, 0.1) is 6.04 Å². The first kappa shape index (κ1) is 60.5. The smallest absolute Gasteiger partial charge is 0.327 e. The molecule has 7 atom stereocenters. The number of carboxylic acids is 1. The van der Waals surface area contributed by atoms with Crippen molar-refractivity contribution in [2.75, 3.05) is 31.1 Å². The van der Waals surface area contributed by atoms with Crippen molar-refractivity contribution in [3.63, 3.8) is 0 Å². The highest BCUT2D eigenvalue weighted by Gasteiger charge is 2.37. The van der Waals surface area contributed by atoms with E-state index in [1.807, 2.05) is 0 Å². The van der Waals surface area contributed by atoms with Crippen molar-refractivity contribution in [3.8, 4) is 0 Å². The van der Waals surface area contributed by atoms with Crippen molar-refractivity contribution >= 4 is 84.5 Å². The number of rotatable bonds is 32. The highest BCUT2D eigenvalue weighted by molar-refractivity contribution is 7.80. The number of aliphatic carboxylic acids is 1. The van der Waals surface area contributed by atoms with Gasteiger partial charge in [0, 0.05) is 37.4 Å². The molecule has 0 aliphatic carbocycles. The zero-order valence-corrected chi connectivity index (χ0v) is 41.8. The molecular formula is C45H71N15O9S2. The lowest BCUT2D eigenvalue weighted by Gasteiger charge is -2.31. The van der Waals surface area contributed by atoms with Gasteiger partial charge in [-0.2, -0.15) is 25.3 Å². The minimum atomic E-state index is -1.68. The van der Waals surface area contributed by atoms with Crippen molar-refractivity contribution in [1.29, 1.82) is 0 Å². The van der Waals surface area contributed by atoms with Crippen molar-refractivity contribution in [2.24, 2.45) is 44.4 Å². The van der Waals surface area contributed by atoms with Gasteiger partial charge in [-0.25, -0.2) is 4.79 Å². The van der Waals surface area contributed by atoms with Crippen LogP contribution in [0.3, 0.4) is 0 Å². The highest BCUT2D eigenvalue weighted by Crippen LogP contribution is 2.12. The summed E-state index contributed by atoms with van der Waals surface area (Å²) in [6.45, 7) is 3.19. The molecule has 0 aromatic heterocycles. The highest BCUT2D eigenvalue weighted by atomic mass is 32.1. The van der Waals surface area contributed by atoms with Gasteiger partial charge in [-0.05, 0) is 70.0 Å². The van der Waals surface area contributed by atoms with Crippen LogP contribution in [-0.2, 0) is 51.2 Å². The number of nitrogens with zero attached hydrogens (tertiary/aromatic N) is 2. The van der Waals surface area contributed by atoms with Gasteiger partial charge in [-0.1, -0.05) is 60.7 Å². The van der Waals surface area contributed by atoms with E-state index in [0.29, 0.717) is 17.5 Å². The molecule has 0 aliphatic rings. The lowest BCUT2D eigenvalue weighted by Crippen LogP contribution is -2.63. The van der Waals surface area contributed by atoms with Crippen molar-refractivity contribution in [1.82, 2.24) is 37.2 Å². The second-order valence-electron chi connectivity index (χ2n) is 17.0. The first-order chi connectivity index (χ1) is 33.6. The molecule has 0 heterocycles. The van der Waals surface area contributed by atoms with E-state index in [2.05, 4.69) is 72.5 Å². The number of nitrogens with two attached hydrogens (primary N) is 6. The van der Waals surface area contributed by atoms with Crippen LogP contribution in [0.2, 0.25) is 0 Å². The Bertz CT molecular complexity index is 2130. The van der Waals surface area contributed by atoms with Crippen LogP contribution in [0.25, 0.3) is 0 Å². The molecular weight excluding hydrogens is 959 g/mol. The number of benzene rings is 2. The Hall–Kier alpha value is -6.64. The summed E-state index contributed by atoms with van der Waals surface area (Å²) in [7, 11) is 0. The van der Waals surface area contributed by atoms with Crippen LogP contribution in [-0.4, -0.2) is 143 Å². The fourth-order valence-corrected chi connectivity index (χ4v) is 7.17. The number of hydrogen-bond acceptors (Lipinski definition) is 14. The summed E-state index contributed by atoms with van der Waals surface area (Å²) >= 11 is 8.23. The minimum Gasteiger partial charge on any atom is -0.480 e. The molecule has 7 amide bonds. The van der Waals surface area contributed by atoms with E-state index < -0.39 is 95.2 Å². The molecule has 2 aromatic rings. The number of carbonyl (C=O) groups excluding carboxylic acids is 7. The van der Waals surface area contributed by atoms with Gasteiger partial charge in [0.15, 0.2) is 11.9 Å². The maximum atomic E-state index is 14.4. The van der Waals surface area contributed by atoms with E-state index in [1.165, 1.54) is 13.8 Å². The minimum absolute atomic E-state index is 0.00478. The number of carboxylic acid groups (broad SMARTS) is 1. The molecule has 2 rings (SSSR count). The summed E-state index contributed by atoms with van der Waals surface area (Å²) in [5.74, 6) is -7.53. The number of aliphatic imine (C=N–C) groups is 2. The van der Waals surface area contributed by atoms with Crippen LogP contribution < -0.4 is 71.6 Å². The normalized spacial score (nSPS) is 14.0. The monoisotopic (exact) mass is 1030 g/mol. The number of nitrogens with one attached hydrogen (secondary N) is 7. The predicted molar refractivity (Wildman–Crippen MR) is 276 cm³/mol. The van der Waals surface area contributed by atoms with E-state index in [0.717, 1.165) is 0 Å². The first-order valence-electron chi connectivity index (χ1n) is 22.9. The molecule has 20 N–H and O–H groups in total. The van der Waals surface area contributed by atoms with Crippen LogP contribution in [0, 0.1) is 0 Å². The molecule has 0 spiro atoms. The molecule has 0 saturated heterocycles. The zero-order chi connectivity index (χ0) is 53.1. The first-order valence-corrected chi connectivity index (χ1v) is 24.1.